The molecule has 0 bridgehead atoms. The highest BCUT2D eigenvalue weighted by Crippen LogP contribution is 2.26. The summed E-state index contributed by atoms with van der Waals surface area (Å²) in [6, 6.07) is -13.0. The zero-order chi connectivity index (χ0) is 71.9. The minimum atomic E-state index is -1.63. The second-order valence-corrected chi connectivity index (χ2v) is 28.3. The van der Waals surface area contributed by atoms with Crippen molar-refractivity contribution in [3.8, 4) is 0 Å². The van der Waals surface area contributed by atoms with Crippen LogP contribution in [0.15, 0.2) is 12.2 Å². The molecule has 538 valence electrons. The van der Waals surface area contributed by atoms with Gasteiger partial charge >= 0.3 is 0 Å². The summed E-state index contributed by atoms with van der Waals surface area (Å²) in [6.45, 7) is 28.4. The van der Waals surface area contributed by atoms with Gasteiger partial charge in [-0.15, -0.1) is 0 Å². The van der Waals surface area contributed by atoms with E-state index in [1.165, 1.54) is 80.8 Å². The molecule has 2 fully saturated rings. The zero-order valence-corrected chi connectivity index (χ0v) is 61.1. The summed E-state index contributed by atoms with van der Waals surface area (Å²) in [4.78, 5) is 172. The highest BCUT2D eigenvalue weighted by atomic mass is 16.7. The minimum absolute atomic E-state index is 0.0117. The Balaban J connectivity index is 3.05. The molecule has 2 heterocycles. The number of allylic oxidation sites excluding steroid dienone is 2. The molecule has 26 nitrogen and oxygen atoms in total. The number of hydrogen-bond donors (Lipinski definition) is 5. The quantitative estimate of drug-likeness (QED) is 0.0862. The van der Waals surface area contributed by atoms with Crippen LogP contribution < -0.4 is 21.3 Å². The third kappa shape index (κ3) is 24.4. The van der Waals surface area contributed by atoms with E-state index in [0.717, 1.165) is 16.2 Å². The van der Waals surface area contributed by atoms with E-state index >= 15 is 19.2 Å². The Hall–Kier alpha value is -6.25. The second-order valence-electron chi connectivity index (χ2n) is 28.3. The summed E-state index contributed by atoms with van der Waals surface area (Å²) < 4.78 is 17.5. The number of likely N-dealkylation sites (N-methyl/N-ethyl adjacent to an activating group) is 7. The summed E-state index contributed by atoms with van der Waals surface area (Å²) in [5.74, 6) is -10.3. The van der Waals surface area contributed by atoms with Gasteiger partial charge in [0.2, 0.25) is 65.0 Å². The lowest BCUT2D eigenvalue weighted by Crippen LogP contribution is -2.63. The SMILES string of the molecule is C/C=C/C[C@@H](C)[C@@H](O)[C@H]1C(=O)N[C@@H](CC)C(=O)N(C)CC(=O)N(C)[C@@H](CC(C)C)C(=O)N[C@@H](C(C)C)C(=O)N(C)[C@@H](CC(C)C)C(=O)N[C@@H](C)C(=O)N[C@H](COCCC2OCCCO2)C(=O)N(C)[C@@H](CC(C)C)C(=O)N(C)[C@@H](CC(C)C)C(=O)N(C)[C@@H](C(C)C)C(=O)N1C. The van der Waals surface area contributed by atoms with Gasteiger partial charge in [0.25, 0.3) is 0 Å². The van der Waals surface area contributed by atoms with E-state index in [1.54, 1.807) is 60.6 Å². The molecule has 0 spiro atoms. The van der Waals surface area contributed by atoms with Crippen molar-refractivity contribution >= 4 is 65.0 Å². The summed E-state index contributed by atoms with van der Waals surface area (Å²) >= 11 is 0. The normalized spacial score (nSPS) is 26.7. The first-order valence-electron chi connectivity index (χ1n) is 33.9. The number of nitrogens with zero attached hydrogens (tertiary/aromatic N) is 7. The third-order valence-corrected chi connectivity index (χ3v) is 17.6. The van der Waals surface area contributed by atoms with Crippen molar-refractivity contribution in [2.75, 3.05) is 82.3 Å². The van der Waals surface area contributed by atoms with Gasteiger partial charge in [-0.2, -0.15) is 0 Å². The summed E-state index contributed by atoms with van der Waals surface area (Å²) in [6.07, 6.45) is 3.32. The van der Waals surface area contributed by atoms with Gasteiger partial charge in [0.1, 0.15) is 60.4 Å². The molecule has 94 heavy (non-hydrogen) atoms. The largest absolute Gasteiger partial charge is 0.390 e. The molecule has 12 atom stereocenters. The molecule has 2 rings (SSSR count). The van der Waals surface area contributed by atoms with Crippen molar-refractivity contribution in [3.63, 3.8) is 0 Å². The Labute approximate surface area is 561 Å². The number of rotatable bonds is 20. The van der Waals surface area contributed by atoms with Gasteiger partial charge in [-0.25, -0.2) is 0 Å². The van der Waals surface area contributed by atoms with Crippen LogP contribution in [-0.2, 0) is 67.0 Å². The summed E-state index contributed by atoms with van der Waals surface area (Å²) in [5, 5.41) is 23.3. The molecule has 0 aromatic heterocycles. The van der Waals surface area contributed by atoms with Gasteiger partial charge in [-0.05, 0) is 100 Å². The van der Waals surface area contributed by atoms with Crippen molar-refractivity contribution in [3.05, 3.63) is 12.2 Å². The average Bonchev–Trinajstić information content (AvgIpc) is 0.808. The van der Waals surface area contributed by atoms with Gasteiger partial charge < -0.3 is 74.9 Å². The summed E-state index contributed by atoms with van der Waals surface area (Å²) in [7, 11) is 9.88. The fourth-order valence-corrected chi connectivity index (χ4v) is 11.8. The van der Waals surface area contributed by atoms with Crippen LogP contribution in [0.4, 0.5) is 0 Å². The fraction of sp³-hybridized carbons (Fsp3) is 0.809. The molecule has 2 aliphatic heterocycles. The molecule has 2 aliphatic rings. The Morgan fingerprint density at radius 1 is 0.521 bits per heavy atom. The van der Waals surface area contributed by atoms with Crippen LogP contribution in [0, 0.1) is 41.4 Å². The molecule has 0 unspecified atom stereocenters. The maximum absolute atomic E-state index is 15.3. The highest BCUT2D eigenvalue weighted by Gasteiger charge is 2.46. The number of aliphatic hydroxyl groups excluding tert-OH is 1. The standard InChI is InChI=1S/C68H121N11O15/c1-24-26-28-45(15)58(81)57-62(85)70-47(25-2)63(86)73(17)37-53(80)74(18)49(33-39(3)4)61(84)72-55(43(11)12)67(90)75(19)50(34-40(5)6)60(83)69-46(16)59(82)71-48(38-92-32-29-54-93-30-27-31-94-54)64(87)76(20)51(35-41(7)8)65(88)77(21)52(36-42(9)10)66(89)78(22)56(44(13)14)68(91)79(57)23/h24,26,39-52,54-58,81H,25,27-38H2,1-23H3,(H,69,83)(H,70,85)(H,71,82)(H,72,84)/b26-24+/t45-,46+,47+,48-,49+,50+,51+,52+,55+,56+,57+,58-/m1/s1. The molecule has 11 amide bonds. The topological polar surface area (TPSA) is 306 Å². The molecule has 5 N–H and O–H groups in total. The van der Waals surface area contributed by atoms with Crippen molar-refractivity contribution in [2.45, 2.75) is 235 Å². The van der Waals surface area contributed by atoms with E-state index in [4.69, 9.17) is 14.2 Å². The van der Waals surface area contributed by atoms with Gasteiger partial charge in [0.05, 0.1) is 39.1 Å². The molecular formula is C68H121N11O15. The first kappa shape index (κ1) is 83.8. The van der Waals surface area contributed by atoms with Crippen molar-refractivity contribution in [2.24, 2.45) is 41.4 Å². The number of amides is 11. The Morgan fingerprint density at radius 3 is 1.47 bits per heavy atom. The molecule has 0 aliphatic carbocycles. The number of ether oxygens (including phenoxy) is 3. The Kier molecular flexibility index (Phi) is 35.4. The van der Waals surface area contributed by atoms with Crippen LogP contribution in [0.5, 0.6) is 0 Å². The Bertz CT molecular complexity index is 2540. The number of hydrogen-bond acceptors (Lipinski definition) is 15. The maximum Gasteiger partial charge on any atom is 0.247 e. The van der Waals surface area contributed by atoms with Crippen LogP contribution in [-0.4, -0.2) is 260 Å². The molecule has 0 saturated carbocycles. The monoisotopic (exact) mass is 1330 g/mol. The molecule has 0 aromatic carbocycles. The first-order valence-corrected chi connectivity index (χ1v) is 33.9. The highest BCUT2D eigenvalue weighted by molar-refractivity contribution is 5.99. The first-order chi connectivity index (χ1) is 43.8. The van der Waals surface area contributed by atoms with Crippen molar-refractivity contribution in [1.82, 2.24) is 55.6 Å². The van der Waals surface area contributed by atoms with Gasteiger partial charge in [0, 0.05) is 55.8 Å². The Morgan fingerprint density at radius 2 is 0.979 bits per heavy atom. The van der Waals surface area contributed by atoms with Crippen LogP contribution in [0.3, 0.4) is 0 Å². The fourth-order valence-electron chi connectivity index (χ4n) is 11.8. The number of carbonyl (C=O) groups excluding carboxylic acids is 11. The minimum Gasteiger partial charge on any atom is -0.390 e. The van der Waals surface area contributed by atoms with E-state index in [2.05, 4.69) is 21.3 Å². The predicted molar refractivity (Wildman–Crippen MR) is 359 cm³/mol. The second kappa shape index (κ2) is 39.7. The van der Waals surface area contributed by atoms with Gasteiger partial charge in [-0.3, -0.25) is 52.7 Å². The van der Waals surface area contributed by atoms with E-state index in [1.807, 2.05) is 55.4 Å². The lowest BCUT2D eigenvalue weighted by Gasteiger charge is -2.41. The number of carbonyl (C=O) groups is 11. The zero-order valence-electron chi connectivity index (χ0n) is 61.1. The molecular weight excluding hydrogens is 1210 g/mol. The molecule has 0 aromatic rings. The maximum atomic E-state index is 15.3. The van der Waals surface area contributed by atoms with E-state index in [0.29, 0.717) is 26.1 Å². The van der Waals surface area contributed by atoms with Crippen LogP contribution in [0.25, 0.3) is 0 Å². The van der Waals surface area contributed by atoms with Crippen LogP contribution in [0.1, 0.15) is 162 Å². The summed E-state index contributed by atoms with van der Waals surface area (Å²) in [5.41, 5.74) is 0. The van der Waals surface area contributed by atoms with Crippen molar-refractivity contribution in [1.29, 1.82) is 0 Å². The van der Waals surface area contributed by atoms with E-state index in [9.17, 15) is 38.7 Å². The number of aliphatic hydroxyl groups is 1. The lowest BCUT2D eigenvalue weighted by atomic mass is 9.91. The third-order valence-electron chi connectivity index (χ3n) is 17.6. The van der Waals surface area contributed by atoms with Crippen LogP contribution in [0.2, 0.25) is 0 Å². The lowest BCUT2D eigenvalue weighted by molar-refractivity contribution is -0.186. The van der Waals surface area contributed by atoms with Gasteiger partial charge in [0.15, 0.2) is 6.29 Å². The number of nitrogens with one attached hydrogen (secondary N) is 4. The van der Waals surface area contributed by atoms with E-state index in [-0.39, 0.29) is 69.0 Å². The predicted octanol–water partition coefficient (Wildman–Crippen LogP) is 3.42. The molecule has 26 heteroatoms. The van der Waals surface area contributed by atoms with Crippen LogP contribution >= 0.6 is 0 Å². The molecule has 0 radical (unpaired) electrons. The van der Waals surface area contributed by atoms with E-state index < -0.39 is 162 Å². The smallest absolute Gasteiger partial charge is 0.247 e. The molecule has 2 saturated heterocycles. The van der Waals surface area contributed by atoms with Gasteiger partial charge in [-0.1, -0.05) is 109 Å². The average molecular weight is 1330 g/mol. The van der Waals surface area contributed by atoms with Crippen molar-refractivity contribution < 1.29 is 72.1 Å².